The van der Waals surface area contributed by atoms with Crippen LogP contribution in [0, 0.1) is 17.3 Å². The van der Waals surface area contributed by atoms with Gasteiger partial charge in [0.2, 0.25) is 11.8 Å². The number of benzene rings is 1. The summed E-state index contributed by atoms with van der Waals surface area (Å²) in [5.74, 6) is -0.617. The van der Waals surface area contributed by atoms with Crippen LogP contribution < -0.4 is 9.47 Å². The lowest BCUT2D eigenvalue weighted by molar-refractivity contribution is -0.158. The molecule has 0 spiro atoms. The Balaban J connectivity index is 1.50. The van der Waals surface area contributed by atoms with Crippen LogP contribution in [0.3, 0.4) is 0 Å². The van der Waals surface area contributed by atoms with Crippen molar-refractivity contribution in [2.45, 2.75) is 96.6 Å². The van der Waals surface area contributed by atoms with Crippen molar-refractivity contribution in [1.82, 2.24) is 14.9 Å². The van der Waals surface area contributed by atoms with Crippen LogP contribution in [0.25, 0.3) is 11.0 Å². The van der Waals surface area contributed by atoms with Gasteiger partial charge in [0, 0.05) is 12.0 Å². The molecule has 1 saturated heterocycles. The summed E-state index contributed by atoms with van der Waals surface area (Å²) >= 11 is 0. The first kappa shape index (κ1) is 29.2. The van der Waals surface area contributed by atoms with E-state index in [1.54, 1.807) is 13.2 Å². The highest BCUT2D eigenvalue weighted by atomic mass is 19.1. The molecule has 1 amide bonds. The number of ether oxygens (including phenoxy) is 3. The number of aromatic nitrogens is 2. The minimum Gasteiger partial charge on any atom is -0.497 e. The molecule has 0 unspecified atom stereocenters. The zero-order valence-corrected chi connectivity index (χ0v) is 24.5. The van der Waals surface area contributed by atoms with E-state index >= 15 is 4.39 Å². The quantitative estimate of drug-likeness (QED) is 0.381. The van der Waals surface area contributed by atoms with Gasteiger partial charge in [0.05, 0.1) is 37.0 Å². The number of esters is 1. The number of fused-ring (bicyclic) bond motifs is 5. The number of carbonyl (C=O) groups is 3. The highest BCUT2D eigenvalue weighted by molar-refractivity contribution is 5.87. The van der Waals surface area contributed by atoms with Crippen LogP contribution in [0.2, 0.25) is 0 Å². The van der Waals surface area contributed by atoms with Gasteiger partial charge in [-0.25, -0.2) is 14.4 Å². The second kappa shape index (κ2) is 11.2. The molecular weight excluding hydrogens is 529 g/mol. The number of hydrogen-bond donors (Lipinski definition) is 0. The monoisotopic (exact) mass is 569 g/mol. The number of alkyl halides is 1. The molecule has 41 heavy (non-hydrogen) atoms. The van der Waals surface area contributed by atoms with Crippen molar-refractivity contribution in [2.75, 3.05) is 13.7 Å². The number of methoxy groups -OCH3 is 1. The molecule has 10 heteroatoms. The first-order chi connectivity index (χ1) is 19.4. The molecule has 1 aliphatic carbocycles. The largest absolute Gasteiger partial charge is 0.497 e. The number of aldehydes is 1. The van der Waals surface area contributed by atoms with Gasteiger partial charge in [-0.2, -0.15) is 0 Å². The maximum atomic E-state index is 15.8. The van der Waals surface area contributed by atoms with Gasteiger partial charge in [-0.15, -0.1) is 0 Å². The third-order valence-corrected chi connectivity index (χ3v) is 8.89. The minimum atomic E-state index is -1.77. The maximum absolute atomic E-state index is 15.8. The lowest BCUT2D eigenvalue weighted by Crippen LogP contribution is -2.47. The lowest BCUT2D eigenvalue weighted by atomic mass is 9.77. The van der Waals surface area contributed by atoms with Crippen molar-refractivity contribution >= 4 is 29.2 Å². The summed E-state index contributed by atoms with van der Waals surface area (Å²) in [6, 6.07) is 4.04. The Labute approximate surface area is 240 Å². The molecule has 2 fully saturated rings. The molecule has 0 radical (unpaired) electrons. The summed E-state index contributed by atoms with van der Waals surface area (Å²) in [4.78, 5) is 49.7. The number of halogens is 1. The summed E-state index contributed by atoms with van der Waals surface area (Å²) < 4.78 is 33.1. The van der Waals surface area contributed by atoms with Crippen LogP contribution in [0.15, 0.2) is 18.2 Å². The predicted molar refractivity (Wildman–Crippen MR) is 149 cm³/mol. The van der Waals surface area contributed by atoms with Crippen molar-refractivity contribution in [3.63, 3.8) is 0 Å². The predicted octanol–water partition coefficient (Wildman–Crippen LogP) is 4.62. The third kappa shape index (κ3) is 6.02. The van der Waals surface area contributed by atoms with Gasteiger partial charge < -0.3 is 23.9 Å². The Morgan fingerprint density at radius 2 is 1.93 bits per heavy atom. The molecule has 2 bridgehead atoms. The van der Waals surface area contributed by atoms with Crippen molar-refractivity contribution in [1.29, 1.82) is 0 Å². The van der Waals surface area contributed by atoms with E-state index < -0.39 is 47.1 Å². The summed E-state index contributed by atoms with van der Waals surface area (Å²) in [5.41, 5.74) is 0.673. The average molecular weight is 570 g/mol. The van der Waals surface area contributed by atoms with E-state index in [0.29, 0.717) is 35.2 Å². The molecule has 0 N–H and O–H groups in total. The van der Waals surface area contributed by atoms with Gasteiger partial charge in [-0.05, 0) is 50.2 Å². The van der Waals surface area contributed by atoms with E-state index in [4.69, 9.17) is 19.2 Å². The highest BCUT2D eigenvalue weighted by Crippen LogP contribution is 2.50. The third-order valence-electron chi connectivity index (χ3n) is 8.89. The van der Waals surface area contributed by atoms with E-state index in [9.17, 15) is 14.4 Å². The molecule has 2 aromatic rings. The van der Waals surface area contributed by atoms with Crippen LogP contribution in [0.4, 0.5) is 4.39 Å². The van der Waals surface area contributed by atoms with Gasteiger partial charge in [-0.1, -0.05) is 33.6 Å². The normalized spacial score (nSPS) is 31.3. The van der Waals surface area contributed by atoms with E-state index in [2.05, 4.69) is 4.98 Å². The van der Waals surface area contributed by atoms with Crippen LogP contribution in [0.1, 0.15) is 71.9 Å². The molecule has 1 aromatic carbocycles. The topological polar surface area (TPSA) is 108 Å². The second-order valence-corrected chi connectivity index (χ2v) is 13.0. The fourth-order valence-corrected chi connectivity index (χ4v) is 6.13. The van der Waals surface area contributed by atoms with Gasteiger partial charge in [0.25, 0.3) is 0 Å². The smallest absolute Gasteiger partial charge is 0.307 e. The first-order valence-electron chi connectivity index (χ1n) is 14.6. The van der Waals surface area contributed by atoms with Gasteiger partial charge in [0.1, 0.15) is 29.4 Å². The van der Waals surface area contributed by atoms with Crippen LogP contribution in [-0.2, 0) is 25.5 Å². The number of amides is 1. The van der Waals surface area contributed by atoms with Crippen molar-refractivity contribution in [3.05, 3.63) is 23.9 Å². The van der Waals surface area contributed by atoms with Gasteiger partial charge in [-0.3, -0.25) is 9.59 Å². The molecule has 1 saturated carbocycles. The fourth-order valence-electron chi connectivity index (χ4n) is 6.13. The Morgan fingerprint density at radius 1 is 1.15 bits per heavy atom. The van der Waals surface area contributed by atoms with Crippen molar-refractivity contribution in [2.24, 2.45) is 17.3 Å². The van der Waals surface area contributed by atoms with Crippen molar-refractivity contribution < 1.29 is 33.0 Å². The Kier molecular flexibility index (Phi) is 7.96. The van der Waals surface area contributed by atoms with E-state index in [1.165, 1.54) is 4.90 Å². The summed E-state index contributed by atoms with van der Waals surface area (Å²) in [7, 11) is 1.56. The number of carbonyl (C=O) groups excluding carboxylic acids is 3. The minimum absolute atomic E-state index is 0.142. The van der Waals surface area contributed by atoms with Crippen molar-refractivity contribution in [3.8, 4) is 11.6 Å². The molecule has 222 valence electrons. The molecule has 3 aliphatic rings. The summed E-state index contributed by atoms with van der Waals surface area (Å²) in [6.45, 7) is 7.37. The molecule has 5 rings (SSSR count). The van der Waals surface area contributed by atoms with Gasteiger partial charge in [0.15, 0.2) is 12.3 Å². The van der Waals surface area contributed by atoms with E-state index in [0.717, 1.165) is 32.1 Å². The average Bonchev–Trinajstić information content (AvgIpc) is 3.44. The first-order valence-corrected chi connectivity index (χ1v) is 14.6. The highest BCUT2D eigenvalue weighted by Gasteiger charge is 2.54. The number of nitrogens with zero attached hydrogens (tertiary/aromatic N) is 3. The van der Waals surface area contributed by atoms with E-state index in [1.807, 2.05) is 39.8 Å². The Bertz CT molecular complexity index is 1330. The zero-order valence-electron chi connectivity index (χ0n) is 24.5. The van der Waals surface area contributed by atoms with Crippen LogP contribution in [-0.4, -0.2) is 70.6 Å². The Morgan fingerprint density at radius 3 is 2.63 bits per heavy atom. The number of hydrogen-bond acceptors (Lipinski definition) is 8. The standard InChI is InChI=1S/C31H40FN3O6/c1-30(2,3)20-14-26(37)41-31(4)15-18(31)9-7-6-8-10-22-28(34-23-13-19(39-5)11-12-21(23)33-22)40-25-16-35(29(20)38)24(17-36)27(25)32/h11-13,17-18,20,24-25,27H,6-10,14-16H2,1-5H3/t18-,20-,24-,25+,27+,31-/m1/s1. The molecule has 3 heterocycles. The molecule has 1 aromatic heterocycles. The zero-order chi connectivity index (χ0) is 29.5. The van der Waals surface area contributed by atoms with Crippen LogP contribution >= 0.6 is 0 Å². The van der Waals surface area contributed by atoms with E-state index in [-0.39, 0.29) is 24.8 Å². The Hall–Kier alpha value is -3.30. The number of aryl methyl sites for hydroxylation is 1. The lowest BCUT2D eigenvalue weighted by Gasteiger charge is -2.34. The SMILES string of the molecule is COc1ccc2nc3c(nc2c1)O[C@H]1CN(C(=O)[C@H](C(C)(C)C)CC(=O)O[C@]2(C)C[C@H]2CCCCC3)[C@H](C=O)[C@@H]1F. The van der Waals surface area contributed by atoms with Gasteiger partial charge >= 0.3 is 5.97 Å². The van der Waals surface area contributed by atoms with Crippen LogP contribution in [0.5, 0.6) is 11.6 Å². The second-order valence-electron chi connectivity index (χ2n) is 13.0. The molecule has 6 atom stereocenters. The maximum Gasteiger partial charge on any atom is 0.307 e. The molecule has 2 aliphatic heterocycles. The number of rotatable bonds is 2. The fraction of sp³-hybridized carbons (Fsp3) is 0.645. The summed E-state index contributed by atoms with van der Waals surface area (Å²) in [6.07, 6.45) is 2.48. The molecular formula is C31H40FN3O6. The molecule has 9 nitrogen and oxygen atoms in total. The summed E-state index contributed by atoms with van der Waals surface area (Å²) in [5, 5.41) is 0.